The molecule has 1 atom stereocenters. The molecule has 2 N–H and O–H groups in total. The fourth-order valence-electron chi connectivity index (χ4n) is 2.63. The van der Waals surface area contributed by atoms with Crippen molar-refractivity contribution in [3.8, 4) is 0 Å². The Morgan fingerprint density at radius 3 is 2.28 bits per heavy atom. The first-order valence-electron chi connectivity index (χ1n) is 7.74. The van der Waals surface area contributed by atoms with Gasteiger partial charge in [-0.15, -0.1) is 0 Å². The Morgan fingerprint density at radius 2 is 1.76 bits per heavy atom. The highest BCUT2D eigenvalue weighted by molar-refractivity contribution is 6.42. The third-order valence-electron chi connectivity index (χ3n) is 4.32. The number of primary amides is 1. The highest BCUT2D eigenvalue weighted by Crippen LogP contribution is 2.33. The van der Waals surface area contributed by atoms with E-state index in [0.29, 0.717) is 21.5 Å². The summed E-state index contributed by atoms with van der Waals surface area (Å²) in [6, 6.07) is 10.8. The van der Waals surface area contributed by atoms with Gasteiger partial charge in [0.1, 0.15) is 0 Å². The van der Waals surface area contributed by atoms with Gasteiger partial charge in [0, 0.05) is 17.7 Å². The smallest absolute Gasteiger partial charge is 0.225 e. The molecule has 134 valence electrons. The average molecular weight is 401 g/mol. The number of methoxy groups -OCH3 is 1. The molecule has 0 aliphatic carbocycles. The number of halogens is 3. The second-order valence-corrected chi connectivity index (χ2v) is 7.58. The van der Waals surface area contributed by atoms with Crippen molar-refractivity contribution < 1.29 is 9.53 Å². The van der Waals surface area contributed by atoms with Crippen LogP contribution in [0.25, 0.3) is 0 Å². The van der Waals surface area contributed by atoms with Crippen LogP contribution >= 0.6 is 34.8 Å². The Labute approximate surface area is 163 Å². The van der Waals surface area contributed by atoms with Gasteiger partial charge >= 0.3 is 0 Å². The third kappa shape index (κ3) is 4.68. The molecule has 0 aliphatic heterocycles. The standard InChI is InChI=1S/C19H20Cl3NO2/c1-19(2,25-3)14-6-4-11(9-16(14)21)8-13(18(23)24)12-5-7-15(20)17(22)10-12/h4-7,9-10,13H,8H2,1-3H3,(H2,23,24). The van der Waals surface area contributed by atoms with Gasteiger partial charge in [0.15, 0.2) is 0 Å². The Kier molecular flexibility index (Phi) is 6.39. The highest BCUT2D eigenvalue weighted by atomic mass is 35.5. The van der Waals surface area contributed by atoms with Gasteiger partial charge in [-0.1, -0.05) is 53.0 Å². The van der Waals surface area contributed by atoms with Crippen LogP contribution in [0.15, 0.2) is 36.4 Å². The Bertz CT molecular complexity index is 790. The molecule has 0 fully saturated rings. The number of benzene rings is 2. The van der Waals surface area contributed by atoms with Crippen LogP contribution in [-0.4, -0.2) is 13.0 Å². The van der Waals surface area contributed by atoms with E-state index in [9.17, 15) is 4.79 Å². The molecule has 0 spiro atoms. The fourth-order valence-corrected chi connectivity index (χ4v) is 3.37. The summed E-state index contributed by atoms with van der Waals surface area (Å²) in [5, 5.41) is 1.41. The lowest BCUT2D eigenvalue weighted by Gasteiger charge is -2.25. The van der Waals surface area contributed by atoms with Crippen LogP contribution in [0, 0.1) is 0 Å². The summed E-state index contributed by atoms with van der Waals surface area (Å²) in [6.45, 7) is 3.88. The van der Waals surface area contributed by atoms with Gasteiger partial charge in [-0.05, 0) is 49.6 Å². The average Bonchev–Trinajstić information content (AvgIpc) is 2.55. The minimum atomic E-state index is -0.521. The molecular weight excluding hydrogens is 381 g/mol. The topological polar surface area (TPSA) is 52.3 Å². The number of carbonyl (C=O) groups is 1. The minimum absolute atomic E-state index is 0.389. The summed E-state index contributed by atoms with van der Waals surface area (Å²) >= 11 is 18.4. The van der Waals surface area contributed by atoms with Gasteiger partial charge in [0.2, 0.25) is 5.91 Å². The molecule has 0 radical (unpaired) electrons. The molecule has 3 nitrogen and oxygen atoms in total. The zero-order chi connectivity index (χ0) is 18.8. The van der Waals surface area contributed by atoms with Crippen LogP contribution in [0.2, 0.25) is 15.1 Å². The van der Waals surface area contributed by atoms with Gasteiger partial charge in [-0.2, -0.15) is 0 Å². The summed E-state index contributed by atoms with van der Waals surface area (Å²) in [4.78, 5) is 12.0. The quantitative estimate of drug-likeness (QED) is 0.711. The normalized spacial score (nSPS) is 12.9. The van der Waals surface area contributed by atoms with Crippen molar-refractivity contribution in [3.63, 3.8) is 0 Å². The number of rotatable bonds is 6. The van der Waals surface area contributed by atoms with Crippen LogP contribution in [0.3, 0.4) is 0 Å². The summed E-state index contributed by atoms with van der Waals surface area (Å²) in [6.07, 6.45) is 0.417. The largest absolute Gasteiger partial charge is 0.374 e. The summed E-state index contributed by atoms with van der Waals surface area (Å²) in [5.74, 6) is -0.956. The molecule has 0 saturated heterocycles. The predicted octanol–water partition coefficient (Wildman–Crippen LogP) is 5.34. The molecular formula is C19H20Cl3NO2. The molecule has 2 aromatic rings. The van der Waals surface area contributed by atoms with Crippen molar-refractivity contribution in [1.29, 1.82) is 0 Å². The van der Waals surface area contributed by atoms with Gasteiger partial charge < -0.3 is 10.5 Å². The van der Waals surface area contributed by atoms with Crippen molar-refractivity contribution >= 4 is 40.7 Å². The first kappa shape index (κ1) is 20.1. The lowest BCUT2D eigenvalue weighted by Crippen LogP contribution is -2.23. The summed E-state index contributed by atoms with van der Waals surface area (Å²) in [5.41, 5.74) is 7.60. The van der Waals surface area contributed by atoms with Crippen LogP contribution in [0.5, 0.6) is 0 Å². The summed E-state index contributed by atoms with van der Waals surface area (Å²) < 4.78 is 5.47. The fraction of sp³-hybridized carbons (Fsp3) is 0.316. The minimum Gasteiger partial charge on any atom is -0.374 e. The van der Waals surface area contributed by atoms with Gasteiger partial charge in [0.05, 0.1) is 21.6 Å². The van der Waals surface area contributed by atoms with Crippen LogP contribution in [0.4, 0.5) is 0 Å². The Hall–Kier alpha value is -1.26. The van der Waals surface area contributed by atoms with Gasteiger partial charge in [-0.25, -0.2) is 0 Å². The molecule has 2 aromatic carbocycles. The number of hydrogen-bond donors (Lipinski definition) is 1. The van der Waals surface area contributed by atoms with E-state index < -0.39 is 17.4 Å². The van der Waals surface area contributed by atoms with E-state index in [2.05, 4.69) is 0 Å². The number of hydrogen-bond acceptors (Lipinski definition) is 2. The number of carbonyl (C=O) groups excluding carboxylic acids is 1. The SMILES string of the molecule is COC(C)(C)c1ccc(CC(C(N)=O)c2ccc(Cl)c(Cl)c2)cc1Cl. The van der Waals surface area contributed by atoms with E-state index in [1.165, 1.54) is 0 Å². The second kappa shape index (κ2) is 7.96. The van der Waals surface area contributed by atoms with Crippen molar-refractivity contribution in [1.82, 2.24) is 0 Å². The van der Waals surface area contributed by atoms with Crippen molar-refractivity contribution in [3.05, 3.63) is 68.2 Å². The number of amides is 1. The zero-order valence-corrected chi connectivity index (χ0v) is 16.5. The van der Waals surface area contributed by atoms with Crippen LogP contribution in [0.1, 0.15) is 36.5 Å². The second-order valence-electron chi connectivity index (χ2n) is 6.36. The number of ether oxygens (including phenoxy) is 1. The number of nitrogens with two attached hydrogens (primary N) is 1. The van der Waals surface area contributed by atoms with E-state index in [-0.39, 0.29) is 0 Å². The first-order chi connectivity index (χ1) is 11.7. The molecule has 0 bridgehead atoms. The molecule has 25 heavy (non-hydrogen) atoms. The maximum absolute atomic E-state index is 12.0. The maximum atomic E-state index is 12.0. The van der Waals surface area contributed by atoms with Crippen molar-refractivity contribution in [2.45, 2.75) is 31.8 Å². The Morgan fingerprint density at radius 1 is 1.08 bits per heavy atom. The molecule has 0 aliphatic rings. The van der Waals surface area contributed by atoms with E-state index in [1.54, 1.807) is 25.3 Å². The van der Waals surface area contributed by atoms with Crippen LogP contribution in [-0.2, 0) is 21.6 Å². The predicted molar refractivity (Wildman–Crippen MR) is 104 cm³/mol. The molecule has 1 unspecified atom stereocenters. The molecule has 6 heteroatoms. The molecule has 0 aromatic heterocycles. The molecule has 1 amide bonds. The third-order valence-corrected chi connectivity index (χ3v) is 5.37. The zero-order valence-electron chi connectivity index (χ0n) is 14.3. The van der Waals surface area contributed by atoms with Crippen molar-refractivity contribution in [2.75, 3.05) is 7.11 Å². The lowest BCUT2D eigenvalue weighted by molar-refractivity contribution is -0.119. The van der Waals surface area contributed by atoms with Gasteiger partial charge in [-0.3, -0.25) is 4.79 Å². The van der Waals surface area contributed by atoms with E-state index >= 15 is 0 Å². The summed E-state index contributed by atoms with van der Waals surface area (Å²) in [7, 11) is 1.64. The molecule has 0 saturated carbocycles. The lowest BCUT2D eigenvalue weighted by atomic mass is 9.89. The maximum Gasteiger partial charge on any atom is 0.225 e. The van der Waals surface area contributed by atoms with E-state index in [4.69, 9.17) is 45.3 Å². The van der Waals surface area contributed by atoms with E-state index in [0.717, 1.165) is 16.7 Å². The van der Waals surface area contributed by atoms with Crippen LogP contribution < -0.4 is 5.73 Å². The first-order valence-corrected chi connectivity index (χ1v) is 8.87. The van der Waals surface area contributed by atoms with Crippen molar-refractivity contribution in [2.24, 2.45) is 5.73 Å². The monoisotopic (exact) mass is 399 g/mol. The Balaban J connectivity index is 2.33. The highest BCUT2D eigenvalue weighted by Gasteiger charge is 2.24. The van der Waals surface area contributed by atoms with E-state index in [1.807, 2.05) is 32.0 Å². The molecule has 0 heterocycles. The molecule has 2 rings (SSSR count). The van der Waals surface area contributed by atoms with Gasteiger partial charge in [0.25, 0.3) is 0 Å².